The van der Waals surface area contributed by atoms with Crippen molar-refractivity contribution in [3.8, 4) is 5.75 Å². The first kappa shape index (κ1) is 20.0. The number of halogens is 1. The molecule has 11 nitrogen and oxygen atoms in total. The second-order valence-electron chi connectivity index (χ2n) is 7.32. The van der Waals surface area contributed by atoms with Crippen LogP contribution in [0.15, 0.2) is 15.7 Å². The molecular formula is C18H22FN5O6. The number of carbonyl (C=O) groups is 1. The summed E-state index contributed by atoms with van der Waals surface area (Å²) in [6.45, 7) is 0.797. The van der Waals surface area contributed by atoms with Crippen LogP contribution in [0.25, 0.3) is 10.9 Å². The van der Waals surface area contributed by atoms with Crippen LogP contribution in [0.2, 0.25) is 0 Å². The highest BCUT2D eigenvalue weighted by atomic mass is 19.1. The maximum absolute atomic E-state index is 15.2. The van der Waals surface area contributed by atoms with E-state index in [2.05, 4.69) is 5.32 Å². The summed E-state index contributed by atoms with van der Waals surface area (Å²) in [7, 11) is 1.34. The van der Waals surface area contributed by atoms with Crippen molar-refractivity contribution in [2.75, 3.05) is 44.1 Å². The Labute approximate surface area is 169 Å². The fraction of sp³-hybridized carbons (Fsp3) is 0.500. The lowest BCUT2D eigenvalue weighted by molar-refractivity contribution is 0.0407. The van der Waals surface area contributed by atoms with Gasteiger partial charge in [-0.15, -0.1) is 0 Å². The summed E-state index contributed by atoms with van der Waals surface area (Å²) in [4.78, 5) is 37.7. The molecule has 1 aromatic carbocycles. The molecule has 4 rings (SSSR count). The molecule has 0 bridgehead atoms. The van der Waals surface area contributed by atoms with E-state index < -0.39 is 29.3 Å². The molecule has 1 amide bonds. The molecule has 1 saturated carbocycles. The number of methoxy groups -OCH3 is 1. The zero-order valence-corrected chi connectivity index (χ0v) is 16.3. The van der Waals surface area contributed by atoms with Crippen LogP contribution in [0.4, 0.5) is 14.9 Å². The van der Waals surface area contributed by atoms with Crippen LogP contribution in [0, 0.1) is 5.82 Å². The Morgan fingerprint density at radius 1 is 1.43 bits per heavy atom. The van der Waals surface area contributed by atoms with E-state index in [1.54, 1.807) is 4.90 Å². The number of nitrogens with two attached hydrogens (primary N) is 1. The van der Waals surface area contributed by atoms with Gasteiger partial charge in [-0.25, -0.2) is 14.0 Å². The van der Waals surface area contributed by atoms with Crippen LogP contribution >= 0.6 is 0 Å². The van der Waals surface area contributed by atoms with Gasteiger partial charge in [0.1, 0.15) is 11.2 Å². The van der Waals surface area contributed by atoms with E-state index in [1.165, 1.54) is 11.7 Å². The lowest BCUT2D eigenvalue weighted by Gasteiger charge is -2.35. The largest absolute Gasteiger partial charge is 0.492 e. The smallest absolute Gasteiger partial charge is 0.404 e. The monoisotopic (exact) mass is 423 g/mol. The van der Waals surface area contributed by atoms with Crippen molar-refractivity contribution in [3.63, 3.8) is 0 Å². The van der Waals surface area contributed by atoms with Crippen molar-refractivity contribution in [2.45, 2.75) is 25.0 Å². The summed E-state index contributed by atoms with van der Waals surface area (Å²) in [5, 5.41) is 11.0. The number of hydrogen-bond donors (Lipinski definition) is 3. The van der Waals surface area contributed by atoms with E-state index in [9.17, 15) is 14.4 Å². The molecule has 0 spiro atoms. The molecule has 1 atom stereocenters. The van der Waals surface area contributed by atoms with E-state index >= 15 is 4.39 Å². The lowest BCUT2D eigenvalue weighted by Crippen LogP contribution is -2.48. The van der Waals surface area contributed by atoms with E-state index in [0.717, 1.165) is 18.9 Å². The summed E-state index contributed by atoms with van der Waals surface area (Å²) >= 11 is 0. The zero-order valence-electron chi connectivity index (χ0n) is 16.3. The van der Waals surface area contributed by atoms with E-state index in [1.807, 2.05) is 0 Å². The molecule has 2 heterocycles. The molecule has 0 radical (unpaired) electrons. The van der Waals surface area contributed by atoms with Gasteiger partial charge in [0.25, 0.3) is 5.56 Å². The normalized spacial score (nSPS) is 19.1. The van der Waals surface area contributed by atoms with Gasteiger partial charge in [0, 0.05) is 25.7 Å². The number of amides is 1. The Morgan fingerprint density at radius 3 is 2.80 bits per heavy atom. The quantitative estimate of drug-likeness (QED) is 0.563. The van der Waals surface area contributed by atoms with Crippen LogP contribution in [0.5, 0.6) is 5.75 Å². The summed E-state index contributed by atoms with van der Waals surface area (Å²) in [6.07, 6.45) is -0.207. The highest BCUT2D eigenvalue weighted by molar-refractivity contribution is 5.91. The van der Waals surface area contributed by atoms with Gasteiger partial charge in [-0.05, 0) is 18.9 Å². The second-order valence-corrected chi connectivity index (χ2v) is 7.32. The highest BCUT2D eigenvalue weighted by Crippen LogP contribution is 2.42. The van der Waals surface area contributed by atoms with Crippen LogP contribution in [-0.2, 0) is 4.74 Å². The number of anilines is 1. The topological polar surface area (TPSA) is 141 Å². The van der Waals surface area contributed by atoms with Gasteiger partial charge >= 0.3 is 11.8 Å². The molecule has 1 aliphatic carbocycles. The minimum atomic E-state index is -1.18. The number of nitrogens with one attached hydrogen (secondary N) is 1. The predicted molar refractivity (Wildman–Crippen MR) is 105 cm³/mol. The third kappa shape index (κ3) is 3.32. The molecule has 1 saturated heterocycles. The number of nitrogens with zero attached hydrogens (tertiary/aromatic N) is 3. The van der Waals surface area contributed by atoms with Crippen LogP contribution in [-0.4, -0.2) is 59.9 Å². The molecule has 1 aliphatic heterocycles. The number of benzene rings is 1. The fourth-order valence-electron chi connectivity index (χ4n) is 3.84. The standard InChI is InChI=1S/C18H22FN5O6/c1-29-15-13-11(16(25)24(20)18(28)23(13)9-2-3-9)6-12(19)14(15)22-4-5-30-10(8-22)7-21-17(26)27/h6,9-10,21H,2-5,7-8,20H2,1H3,(H,26,27). The molecule has 1 unspecified atom stereocenters. The lowest BCUT2D eigenvalue weighted by atomic mass is 10.1. The third-order valence-electron chi connectivity index (χ3n) is 5.34. The number of fused-ring (bicyclic) bond motifs is 1. The molecule has 162 valence electrons. The summed E-state index contributed by atoms with van der Waals surface area (Å²) in [5.74, 6) is 5.00. The molecule has 30 heavy (non-hydrogen) atoms. The molecule has 1 aromatic heterocycles. The Bertz CT molecular complexity index is 1120. The highest BCUT2D eigenvalue weighted by Gasteiger charge is 2.33. The minimum Gasteiger partial charge on any atom is -0.492 e. The Morgan fingerprint density at radius 2 is 2.17 bits per heavy atom. The average Bonchev–Trinajstić information content (AvgIpc) is 3.56. The van der Waals surface area contributed by atoms with Crippen LogP contribution in [0.1, 0.15) is 18.9 Å². The fourth-order valence-corrected chi connectivity index (χ4v) is 3.84. The summed E-state index contributed by atoms with van der Waals surface area (Å²) < 4.78 is 28.1. The number of aromatic nitrogens is 2. The molecule has 2 fully saturated rings. The first-order valence-corrected chi connectivity index (χ1v) is 9.49. The van der Waals surface area contributed by atoms with Crippen molar-refractivity contribution < 1.29 is 23.8 Å². The van der Waals surface area contributed by atoms with Gasteiger partial charge < -0.3 is 30.6 Å². The average molecular weight is 423 g/mol. The second kappa shape index (κ2) is 7.52. The van der Waals surface area contributed by atoms with Gasteiger partial charge in [-0.2, -0.15) is 4.68 Å². The molecule has 4 N–H and O–H groups in total. The Kier molecular flexibility index (Phi) is 5.02. The third-order valence-corrected chi connectivity index (χ3v) is 5.34. The van der Waals surface area contributed by atoms with E-state index in [0.29, 0.717) is 11.2 Å². The van der Waals surface area contributed by atoms with Gasteiger partial charge in [0.2, 0.25) is 0 Å². The number of rotatable bonds is 5. The van der Waals surface area contributed by atoms with Gasteiger partial charge in [0.15, 0.2) is 11.6 Å². The van der Waals surface area contributed by atoms with Crippen molar-refractivity contribution >= 4 is 22.7 Å². The predicted octanol–water partition coefficient (Wildman–Crippen LogP) is -0.168. The first-order valence-electron chi connectivity index (χ1n) is 9.49. The van der Waals surface area contributed by atoms with Crippen molar-refractivity contribution in [1.29, 1.82) is 0 Å². The van der Waals surface area contributed by atoms with Gasteiger partial charge in [-0.3, -0.25) is 9.36 Å². The number of hydrogen-bond acceptors (Lipinski definition) is 7. The number of carboxylic acid groups (broad SMARTS) is 1. The number of morpholine rings is 1. The van der Waals surface area contributed by atoms with Crippen molar-refractivity contribution in [2.24, 2.45) is 0 Å². The molecule has 2 aromatic rings. The van der Waals surface area contributed by atoms with Crippen molar-refractivity contribution in [3.05, 3.63) is 32.7 Å². The SMILES string of the molecule is COc1c(N2CCOC(CNC(=O)O)C2)c(F)cc2c(=O)n(N)c(=O)n(C3CC3)c12. The molecular weight excluding hydrogens is 401 g/mol. The molecule has 12 heteroatoms. The van der Waals surface area contributed by atoms with Crippen LogP contribution < -0.4 is 32.0 Å². The maximum atomic E-state index is 15.2. The summed E-state index contributed by atoms with van der Waals surface area (Å²) in [6, 6.07) is 0.928. The number of nitrogen functional groups attached to an aromatic ring is 1. The minimum absolute atomic E-state index is 0.0357. The summed E-state index contributed by atoms with van der Waals surface area (Å²) in [5.41, 5.74) is -1.19. The van der Waals surface area contributed by atoms with Gasteiger partial charge in [-0.1, -0.05) is 0 Å². The van der Waals surface area contributed by atoms with Crippen LogP contribution in [0.3, 0.4) is 0 Å². The Hall–Kier alpha value is -3.28. The van der Waals surface area contributed by atoms with E-state index in [-0.39, 0.29) is 48.1 Å². The number of ether oxygens (including phenoxy) is 2. The first-order chi connectivity index (χ1) is 14.3. The van der Waals surface area contributed by atoms with Crippen molar-refractivity contribution in [1.82, 2.24) is 14.6 Å². The van der Waals surface area contributed by atoms with E-state index in [4.69, 9.17) is 20.4 Å². The molecule has 2 aliphatic rings. The Balaban J connectivity index is 1.87. The maximum Gasteiger partial charge on any atom is 0.404 e. The van der Waals surface area contributed by atoms with Gasteiger partial charge in [0.05, 0.1) is 25.2 Å². The zero-order chi connectivity index (χ0) is 21.6.